The maximum atomic E-state index is 6.96. The molecule has 1 aromatic heterocycles. The van der Waals surface area contributed by atoms with Crippen molar-refractivity contribution in [3.63, 3.8) is 0 Å². The molecule has 1 saturated heterocycles. The summed E-state index contributed by atoms with van der Waals surface area (Å²) in [5.41, 5.74) is 7.15. The van der Waals surface area contributed by atoms with Crippen LogP contribution in [-0.2, 0) is 17.7 Å². The lowest BCUT2D eigenvalue weighted by Gasteiger charge is -2.32. The Morgan fingerprint density at radius 3 is 2.44 bits per heavy atom. The molecule has 0 amide bonds. The lowest BCUT2D eigenvalue weighted by molar-refractivity contribution is -0.0275. The van der Waals surface area contributed by atoms with Gasteiger partial charge in [0.25, 0.3) is 0 Å². The van der Waals surface area contributed by atoms with Gasteiger partial charge < -0.3 is 18.9 Å². The first-order chi connectivity index (χ1) is 17.7. The number of nitrogens with zero attached hydrogens (tertiary/aromatic N) is 3. The zero-order chi connectivity index (χ0) is 24.5. The highest BCUT2D eigenvalue weighted by Gasteiger charge is 2.32. The van der Waals surface area contributed by atoms with Crippen molar-refractivity contribution in [2.75, 3.05) is 27.2 Å². The predicted octanol–water partition coefficient (Wildman–Crippen LogP) is 5.98. The van der Waals surface area contributed by atoms with Gasteiger partial charge in [0.05, 0.1) is 18.9 Å². The summed E-state index contributed by atoms with van der Waals surface area (Å²) in [7, 11) is 3.91. The molecule has 4 aromatic rings. The highest BCUT2D eigenvalue weighted by Crippen LogP contribution is 2.40. The van der Waals surface area contributed by atoms with Crippen LogP contribution in [0.15, 0.2) is 79.0 Å². The minimum Gasteiger partial charge on any atom is -0.497 e. The quantitative estimate of drug-likeness (QED) is 0.353. The molecule has 3 heterocycles. The van der Waals surface area contributed by atoms with Crippen molar-refractivity contribution < 1.29 is 9.47 Å². The van der Waals surface area contributed by atoms with Crippen LogP contribution in [-0.4, -0.2) is 47.8 Å². The van der Waals surface area contributed by atoms with E-state index >= 15 is 0 Å². The van der Waals surface area contributed by atoms with Crippen LogP contribution < -0.4 is 4.74 Å². The fraction of sp³-hybridized carbons (Fsp3) is 0.323. The fourth-order valence-corrected chi connectivity index (χ4v) is 5.58. The van der Waals surface area contributed by atoms with Crippen LogP contribution in [0.1, 0.15) is 35.9 Å². The number of imidazole rings is 1. The van der Waals surface area contributed by atoms with E-state index in [1.807, 2.05) is 12.1 Å². The third kappa shape index (κ3) is 4.45. The Balaban J connectivity index is 1.45. The summed E-state index contributed by atoms with van der Waals surface area (Å²) < 4.78 is 14.8. The summed E-state index contributed by atoms with van der Waals surface area (Å²) in [5, 5.41) is 0. The molecule has 0 aliphatic carbocycles. The highest BCUT2D eigenvalue weighted by atomic mass is 16.5. The molecule has 0 saturated carbocycles. The normalized spacial score (nSPS) is 18.3. The second kappa shape index (κ2) is 9.92. The largest absolute Gasteiger partial charge is 0.497 e. The number of methoxy groups -OCH3 is 1. The van der Waals surface area contributed by atoms with Gasteiger partial charge in [0.15, 0.2) is 0 Å². The molecule has 0 spiro atoms. The van der Waals surface area contributed by atoms with Crippen LogP contribution in [0.2, 0.25) is 0 Å². The van der Waals surface area contributed by atoms with Crippen LogP contribution in [0.4, 0.5) is 0 Å². The minimum atomic E-state index is -0.195. The van der Waals surface area contributed by atoms with Crippen molar-refractivity contribution in [1.82, 2.24) is 14.5 Å². The fourth-order valence-electron chi connectivity index (χ4n) is 5.58. The van der Waals surface area contributed by atoms with E-state index in [1.165, 1.54) is 22.3 Å². The molecule has 6 rings (SSSR count). The Hall–Kier alpha value is -3.41. The number of benzene rings is 3. The van der Waals surface area contributed by atoms with Gasteiger partial charge in [-0.05, 0) is 60.7 Å². The monoisotopic (exact) mass is 479 g/mol. The van der Waals surface area contributed by atoms with Gasteiger partial charge in [-0.25, -0.2) is 4.98 Å². The van der Waals surface area contributed by atoms with E-state index in [0.29, 0.717) is 0 Å². The first-order valence-corrected chi connectivity index (χ1v) is 12.9. The van der Waals surface area contributed by atoms with Crippen molar-refractivity contribution in [3.8, 4) is 28.1 Å². The van der Waals surface area contributed by atoms with Crippen molar-refractivity contribution in [3.05, 3.63) is 95.9 Å². The number of hydrogen-bond donors (Lipinski definition) is 0. The summed E-state index contributed by atoms with van der Waals surface area (Å²) in [6, 6.07) is 25.4. The summed E-state index contributed by atoms with van der Waals surface area (Å²) in [4.78, 5) is 7.56. The Labute approximate surface area is 213 Å². The van der Waals surface area contributed by atoms with Crippen LogP contribution in [0, 0.1) is 0 Å². The standard InChI is InChI=1S/C31H33N3O2/c1-33-17-14-24(15-18-33)36-30-28-13-7-12-26(23-10-6-11-25(20-23)35-2)27(28)16-19-34-21-29(32-31(30)34)22-8-4-3-5-9-22/h3-13,20-21,24,30H,14-19H2,1-2H3. The van der Waals surface area contributed by atoms with Gasteiger partial charge in [-0.15, -0.1) is 0 Å². The molecule has 0 bridgehead atoms. The number of likely N-dealkylation sites (tertiary alicyclic amines) is 1. The summed E-state index contributed by atoms with van der Waals surface area (Å²) in [5.74, 6) is 1.88. The van der Waals surface area contributed by atoms with Crippen molar-refractivity contribution in [2.24, 2.45) is 0 Å². The molecule has 1 fully saturated rings. The number of aromatic nitrogens is 2. The number of aryl methyl sites for hydroxylation is 1. The minimum absolute atomic E-state index is 0.195. The van der Waals surface area contributed by atoms with Gasteiger partial charge in [-0.2, -0.15) is 0 Å². The molecule has 5 nitrogen and oxygen atoms in total. The van der Waals surface area contributed by atoms with Gasteiger partial charge in [-0.1, -0.05) is 60.7 Å². The number of ether oxygens (including phenoxy) is 2. The lowest BCUT2D eigenvalue weighted by Crippen LogP contribution is -2.35. The van der Waals surface area contributed by atoms with Crippen molar-refractivity contribution in [2.45, 2.75) is 38.0 Å². The maximum Gasteiger partial charge on any atom is 0.143 e. The highest BCUT2D eigenvalue weighted by molar-refractivity contribution is 5.71. The molecule has 1 unspecified atom stereocenters. The average molecular weight is 480 g/mol. The number of rotatable bonds is 5. The van der Waals surface area contributed by atoms with Crippen molar-refractivity contribution in [1.29, 1.82) is 0 Å². The molecule has 0 N–H and O–H groups in total. The average Bonchev–Trinajstić information content (AvgIpc) is 3.30. The molecule has 5 heteroatoms. The van der Waals surface area contributed by atoms with E-state index in [-0.39, 0.29) is 12.2 Å². The first-order valence-electron chi connectivity index (χ1n) is 12.9. The third-order valence-corrected chi connectivity index (χ3v) is 7.58. The summed E-state index contributed by atoms with van der Waals surface area (Å²) in [6.45, 7) is 3.01. The summed E-state index contributed by atoms with van der Waals surface area (Å²) in [6.07, 6.45) is 5.25. The van der Waals surface area contributed by atoms with Crippen molar-refractivity contribution >= 4 is 0 Å². The molecular formula is C31H33N3O2. The van der Waals surface area contributed by atoms with Gasteiger partial charge >= 0.3 is 0 Å². The Bertz CT molecular complexity index is 1340. The van der Waals surface area contributed by atoms with Gasteiger partial charge in [-0.3, -0.25) is 0 Å². The Kier molecular flexibility index (Phi) is 6.34. The van der Waals surface area contributed by atoms with E-state index in [2.05, 4.69) is 83.4 Å². The topological polar surface area (TPSA) is 39.5 Å². The van der Waals surface area contributed by atoms with Crippen LogP contribution in [0.3, 0.4) is 0 Å². The van der Waals surface area contributed by atoms with E-state index in [4.69, 9.17) is 14.5 Å². The van der Waals surface area contributed by atoms with E-state index in [9.17, 15) is 0 Å². The molecule has 3 aromatic carbocycles. The molecule has 2 aliphatic heterocycles. The number of hydrogen-bond acceptors (Lipinski definition) is 4. The SMILES string of the molecule is COc1cccc(-c2cccc3c2CCn2cc(-c4ccccc4)nc2C3OC2CCN(C)CC2)c1. The summed E-state index contributed by atoms with van der Waals surface area (Å²) >= 11 is 0. The molecule has 184 valence electrons. The predicted molar refractivity (Wildman–Crippen MR) is 143 cm³/mol. The molecule has 1 atom stereocenters. The van der Waals surface area contributed by atoms with Gasteiger partial charge in [0.1, 0.15) is 17.7 Å². The first kappa shape index (κ1) is 23.0. The molecule has 0 radical (unpaired) electrons. The lowest BCUT2D eigenvalue weighted by atomic mass is 9.91. The molecular weight excluding hydrogens is 446 g/mol. The Morgan fingerprint density at radius 1 is 0.861 bits per heavy atom. The Morgan fingerprint density at radius 2 is 1.64 bits per heavy atom. The second-order valence-electron chi connectivity index (χ2n) is 9.92. The smallest absolute Gasteiger partial charge is 0.143 e. The zero-order valence-electron chi connectivity index (χ0n) is 21.1. The van der Waals surface area contributed by atoms with Crippen LogP contribution in [0.5, 0.6) is 5.75 Å². The van der Waals surface area contributed by atoms with Gasteiger partial charge in [0.2, 0.25) is 0 Å². The molecule has 2 aliphatic rings. The maximum absolute atomic E-state index is 6.96. The molecule has 36 heavy (non-hydrogen) atoms. The van der Waals surface area contributed by atoms with E-state index in [1.54, 1.807) is 7.11 Å². The zero-order valence-corrected chi connectivity index (χ0v) is 21.1. The van der Waals surface area contributed by atoms with E-state index < -0.39 is 0 Å². The van der Waals surface area contributed by atoms with Crippen LogP contribution >= 0.6 is 0 Å². The second-order valence-corrected chi connectivity index (χ2v) is 9.92. The number of piperidine rings is 1. The number of fused-ring (bicyclic) bond motifs is 2. The van der Waals surface area contributed by atoms with E-state index in [0.717, 1.165) is 61.7 Å². The third-order valence-electron chi connectivity index (χ3n) is 7.58. The van der Waals surface area contributed by atoms with Crippen LogP contribution in [0.25, 0.3) is 22.4 Å². The van der Waals surface area contributed by atoms with Gasteiger partial charge in [0, 0.05) is 31.4 Å².